The standard InChI is InChI=1S/C19H22ClF2N5O.ClH/c1-27(2)17-16(22)10-23-19(26-17)25-13-6-4-12(5-7-13)24-18(28)11-3-8-15(21)14(20)9-11;/h3,8-10,12-13H,4-7H2,1-2H3,(H,24,28)(H,23,25,26);1H. The average Bonchev–Trinajstić information content (AvgIpc) is 2.66. The number of carbonyl (C=O) groups excluding carboxylic acids is 1. The first-order valence-electron chi connectivity index (χ1n) is 9.06. The Labute approximate surface area is 179 Å². The zero-order valence-electron chi connectivity index (χ0n) is 16.1. The molecule has 1 saturated carbocycles. The molecule has 158 valence electrons. The highest BCUT2D eigenvalue weighted by Gasteiger charge is 2.24. The van der Waals surface area contributed by atoms with Gasteiger partial charge in [0.2, 0.25) is 5.95 Å². The van der Waals surface area contributed by atoms with E-state index in [1.807, 2.05) is 0 Å². The lowest BCUT2D eigenvalue weighted by Gasteiger charge is -2.29. The molecule has 29 heavy (non-hydrogen) atoms. The first kappa shape index (κ1) is 23.1. The maximum Gasteiger partial charge on any atom is 0.251 e. The van der Waals surface area contributed by atoms with Crippen LogP contribution in [0.2, 0.25) is 5.02 Å². The smallest absolute Gasteiger partial charge is 0.251 e. The summed E-state index contributed by atoms with van der Waals surface area (Å²) in [6.45, 7) is 0. The van der Waals surface area contributed by atoms with Crippen molar-refractivity contribution in [1.29, 1.82) is 0 Å². The lowest BCUT2D eigenvalue weighted by atomic mass is 9.91. The van der Waals surface area contributed by atoms with Crippen molar-refractivity contribution in [1.82, 2.24) is 15.3 Å². The third-order valence-corrected chi connectivity index (χ3v) is 5.02. The van der Waals surface area contributed by atoms with Gasteiger partial charge in [-0.15, -0.1) is 12.4 Å². The van der Waals surface area contributed by atoms with Gasteiger partial charge in [-0.3, -0.25) is 4.79 Å². The van der Waals surface area contributed by atoms with Gasteiger partial charge < -0.3 is 15.5 Å². The highest BCUT2D eigenvalue weighted by Crippen LogP contribution is 2.23. The summed E-state index contributed by atoms with van der Waals surface area (Å²) in [6.07, 6.45) is 4.34. The number of nitrogens with one attached hydrogen (secondary N) is 2. The summed E-state index contributed by atoms with van der Waals surface area (Å²) in [7, 11) is 3.44. The number of aromatic nitrogens is 2. The molecule has 0 spiro atoms. The van der Waals surface area contributed by atoms with E-state index in [2.05, 4.69) is 20.6 Å². The fourth-order valence-corrected chi connectivity index (χ4v) is 3.39. The summed E-state index contributed by atoms with van der Waals surface area (Å²) in [4.78, 5) is 22.1. The van der Waals surface area contributed by atoms with Crippen LogP contribution >= 0.6 is 24.0 Å². The lowest BCUT2D eigenvalue weighted by Crippen LogP contribution is -2.40. The van der Waals surface area contributed by atoms with Gasteiger partial charge in [-0.25, -0.2) is 13.8 Å². The van der Waals surface area contributed by atoms with Gasteiger partial charge in [-0.1, -0.05) is 11.6 Å². The summed E-state index contributed by atoms with van der Waals surface area (Å²) >= 11 is 5.74. The number of hydrogen-bond donors (Lipinski definition) is 2. The Morgan fingerprint density at radius 3 is 2.41 bits per heavy atom. The number of nitrogens with zero attached hydrogens (tertiary/aromatic N) is 3. The lowest BCUT2D eigenvalue weighted by molar-refractivity contribution is 0.0926. The second kappa shape index (κ2) is 10.0. The van der Waals surface area contributed by atoms with Crippen molar-refractivity contribution in [2.24, 2.45) is 0 Å². The average molecular weight is 446 g/mol. The van der Waals surface area contributed by atoms with Gasteiger partial charge in [0.15, 0.2) is 11.6 Å². The van der Waals surface area contributed by atoms with Gasteiger partial charge in [0, 0.05) is 31.7 Å². The molecule has 1 aliphatic carbocycles. The quantitative estimate of drug-likeness (QED) is 0.726. The molecule has 0 atom stereocenters. The summed E-state index contributed by atoms with van der Waals surface area (Å²) < 4.78 is 26.9. The van der Waals surface area contributed by atoms with Crippen LogP contribution in [0.5, 0.6) is 0 Å². The molecule has 1 heterocycles. The minimum Gasteiger partial charge on any atom is -0.360 e. The molecular formula is C19H23Cl2F2N5O. The van der Waals surface area contributed by atoms with Crippen molar-refractivity contribution in [3.63, 3.8) is 0 Å². The van der Waals surface area contributed by atoms with Gasteiger partial charge in [0.1, 0.15) is 5.82 Å². The number of halogens is 4. The van der Waals surface area contributed by atoms with Crippen LogP contribution in [-0.2, 0) is 0 Å². The van der Waals surface area contributed by atoms with E-state index in [0.717, 1.165) is 31.9 Å². The van der Waals surface area contributed by atoms with Crippen LogP contribution in [0, 0.1) is 11.6 Å². The van der Waals surface area contributed by atoms with Crippen LogP contribution in [0.25, 0.3) is 0 Å². The molecule has 0 unspecified atom stereocenters. The number of hydrogen-bond acceptors (Lipinski definition) is 5. The SMILES string of the molecule is CN(C)c1nc(NC2CCC(NC(=O)c3ccc(F)c(Cl)c3)CC2)ncc1F.Cl. The highest BCUT2D eigenvalue weighted by atomic mass is 35.5. The second-order valence-electron chi connectivity index (χ2n) is 7.05. The summed E-state index contributed by atoms with van der Waals surface area (Å²) in [5.74, 6) is -0.668. The molecule has 6 nitrogen and oxygen atoms in total. The van der Waals surface area contributed by atoms with Gasteiger partial charge in [0.05, 0.1) is 11.2 Å². The molecule has 10 heteroatoms. The minimum absolute atomic E-state index is 0. The van der Waals surface area contributed by atoms with Crippen LogP contribution in [-0.4, -0.2) is 42.1 Å². The Kier molecular flexibility index (Phi) is 7.98. The van der Waals surface area contributed by atoms with E-state index in [4.69, 9.17) is 11.6 Å². The molecule has 0 radical (unpaired) electrons. The van der Waals surface area contributed by atoms with E-state index in [1.54, 1.807) is 19.0 Å². The van der Waals surface area contributed by atoms with Crippen LogP contribution in [0.1, 0.15) is 36.0 Å². The molecule has 2 aromatic rings. The molecule has 1 amide bonds. The maximum absolute atomic E-state index is 13.7. The third kappa shape index (κ3) is 5.90. The molecule has 3 rings (SSSR count). The Hall–Kier alpha value is -2.19. The Bertz CT molecular complexity index is 860. The maximum atomic E-state index is 13.7. The predicted molar refractivity (Wildman–Crippen MR) is 112 cm³/mol. The number of rotatable bonds is 5. The van der Waals surface area contributed by atoms with Crippen LogP contribution in [0.4, 0.5) is 20.5 Å². The molecule has 1 aliphatic rings. The molecule has 1 aromatic heterocycles. The largest absolute Gasteiger partial charge is 0.360 e. The molecule has 1 aromatic carbocycles. The van der Waals surface area contributed by atoms with Gasteiger partial charge >= 0.3 is 0 Å². The van der Waals surface area contributed by atoms with E-state index in [1.165, 1.54) is 18.2 Å². The molecule has 1 fully saturated rings. The topological polar surface area (TPSA) is 70.2 Å². The van der Waals surface area contributed by atoms with Crippen LogP contribution < -0.4 is 15.5 Å². The number of anilines is 2. The van der Waals surface area contributed by atoms with Gasteiger partial charge in [0.25, 0.3) is 5.91 Å². The van der Waals surface area contributed by atoms with E-state index in [9.17, 15) is 13.6 Å². The minimum atomic E-state index is -0.551. The first-order valence-corrected chi connectivity index (χ1v) is 9.43. The van der Waals surface area contributed by atoms with Crippen LogP contribution in [0.15, 0.2) is 24.4 Å². The van der Waals surface area contributed by atoms with Crippen molar-refractivity contribution in [3.05, 3.63) is 46.6 Å². The number of benzene rings is 1. The van der Waals surface area contributed by atoms with E-state index >= 15 is 0 Å². The van der Waals surface area contributed by atoms with Gasteiger partial charge in [-0.05, 0) is 43.9 Å². The zero-order valence-corrected chi connectivity index (χ0v) is 17.7. The Morgan fingerprint density at radius 2 is 1.79 bits per heavy atom. The predicted octanol–water partition coefficient (Wildman–Crippen LogP) is 4.05. The van der Waals surface area contributed by atoms with Crippen molar-refractivity contribution in [3.8, 4) is 0 Å². The summed E-state index contributed by atoms with van der Waals surface area (Å²) in [5.41, 5.74) is 0.336. The first-order chi connectivity index (χ1) is 13.3. The van der Waals surface area contributed by atoms with E-state index in [-0.39, 0.29) is 41.2 Å². The third-order valence-electron chi connectivity index (χ3n) is 4.73. The Morgan fingerprint density at radius 1 is 1.14 bits per heavy atom. The van der Waals surface area contributed by atoms with Crippen LogP contribution in [0.3, 0.4) is 0 Å². The Balaban J connectivity index is 0.00000300. The van der Waals surface area contributed by atoms with Crippen molar-refractivity contribution < 1.29 is 13.6 Å². The summed E-state index contributed by atoms with van der Waals surface area (Å²) in [5, 5.41) is 6.13. The van der Waals surface area contributed by atoms with Gasteiger partial charge in [-0.2, -0.15) is 4.98 Å². The molecule has 2 N–H and O–H groups in total. The zero-order chi connectivity index (χ0) is 20.3. The molecule has 0 bridgehead atoms. The van der Waals surface area contributed by atoms with Crippen molar-refractivity contribution in [2.45, 2.75) is 37.8 Å². The summed E-state index contributed by atoms with van der Waals surface area (Å²) in [6, 6.07) is 4.10. The monoisotopic (exact) mass is 445 g/mol. The normalized spacial score (nSPS) is 18.5. The number of amides is 1. The van der Waals surface area contributed by atoms with Crippen molar-refractivity contribution >= 4 is 41.7 Å². The highest BCUT2D eigenvalue weighted by molar-refractivity contribution is 6.31. The van der Waals surface area contributed by atoms with E-state index < -0.39 is 11.6 Å². The fourth-order valence-electron chi connectivity index (χ4n) is 3.21. The molecular weight excluding hydrogens is 423 g/mol. The number of carbonyl (C=O) groups is 1. The van der Waals surface area contributed by atoms with Crippen molar-refractivity contribution in [2.75, 3.05) is 24.3 Å². The second-order valence-corrected chi connectivity index (χ2v) is 7.46. The fraction of sp³-hybridized carbons (Fsp3) is 0.421. The molecule has 0 aliphatic heterocycles. The molecule has 0 saturated heterocycles. The van der Waals surface area contributed by atoms with E-state index in [0.29, 0.717) is 11.5 Å².